The molecule has 0 amide bonds. The Morgan fingerprint density at radius 3 is 2.83 bits per heavy atom. The SMILES string of the molecule is CCC(C)(OC)c1noc([C@H]2C[C@H](OC)CN2)n1. The first-order valence-corrected chi connectivity index (χ1v) is 6.28. The third-order valence-corrected chi connectivity index (χ3v) is 3.76. The van der Waals surface area contributed by atoms with Crippen molar-refractivity contribution in [2.24, 2.45) is 0 Å². The summed E-state index contributed by atoms with van der Waals surface area (Å²) in [4.78, 5) is 4.45. The van der Waals surface area contributed by atoms with Crippen LogP contribution in [0.3, 0.4) is 0 Å². The molecule has 0 saturated carbocycles. The predicted molar refractivity (Wildman–Crippen MR) is 65.1 cm³/mol. The molecule has 2 heterocycles. The van der Waals surface area contributed by atoms with Crippen molar-refractivity contribution in [1.82, 2.24) is 15.5 Å². The Morgan fingerprint density at radius 2 is 2.28 bits per heavy atom. The number of ether oxygens (including phenoxy) is 2. The van der Waals surface area contributed by atoms with Crippen molar-refractivity contribution in [3.63, 3.8) is 0 Å². The molecule has 1 N–H and O–H groups in total. The lowest BCUT2D eigenvalue weighted by atomic mass is 10.0. The quantitative estimate of drug-likeness (QED) is 0.857. The van der Waals surface area contributed by atoms with E-state index in [2.05, 4.69) is 15.5 Å². The molecule has 1 unspecified atom stereocenters. The van der Waals surface area contributed by atoms with Gasteiger partial charge < -0.3 is 19.3 Å². The van der Waals surface area contributed by atoms with E-state index in [9.17, 15) is 0 Å². The molecule has 1 aliphatic heterocycles. The van der Waals surface area contributed by atoms with Gasteiger partial charge in [0.1, 0.15) is 5.60 Å². The normalized spacial score (nSPS) is 27.3. The van der Waals surface area contributed by atoms with E-state index in [-0.39, 0.29) is 12.1 Å². The van der Waals surface area contributed by atoms with Crippen LogP contribution in [-0.4, -0.2) is 37.0 Å². The molecule has 6 nitrogen and oxygen atoms in total. The lowest BCUT2D eigenvalue weighted by Gasteiger charge is -2.21. The fraction of sp³-hybridized carbons (Fsp3) is 0.833. The molecular weight excluding hydrogens is 234 g/mol. The maximum atomic E-state index is 5.46. The molecule has 0 bridgehead atoms. The van der Waals surface area contributed by atoms with Gasteiger partial charge in [0.2, 0.25) is 11.7 Å². The third kappa shape index (κ3) is 2.41. The number of hydrogen-bond acceptors (Lipinski definition) is 6. The molecule has 0 spiro atoms. The van der Waals surface area contributed by atoms with Gasteiger partial charge in [-0.25, -0.2) is 0 Å². The van der Waals surface area contributed by atoms with E-state index in [4.69, 9.17) is 14.0 Å². The van der Waals surface area contributed by atoms with Gasteiger partial charge in [-0.2, -0.15) is 4.98 Å². The van der Waals surface area contributed by atoms with Crippen molar-refractivity contribution in [1.29, 1.82) is 0 Å². The van der Waals surface area contributed by atoms with Gasteiger partial charge >= 0.3 is 0 Å². The number of aromatic nitrogens is 2. The van der Waals surface area contributed by atoms with Crippen molar-refractivity contribution >= 4 is 0 Å². The van der Waals surface area contributed by atoms with Crippen LogP contribution in [0.25, 0.3) is 0 Å². The van der Waals surface area contributed by atoms with Gasteiger partial charge in [0, 0.05) is 20.8 Å². The number of nitrogens with zero attached hydrogens (tertiary/aromatic N) is 2. The highest BCUT2D eigenvalue weighted by Gasteiger charge is 2.34. The predicted octanol–water partition coefficient (Wildman–Crippen LogP) is 1.39. The summed E-state index contributed by atoms with van der Waals surface area (Å²) >= 11 is 0. The Hall–Kier alpha value is -0.980. The molecule has 0 aliphatic carbocycles. The van der Waals surface area contributed by atoms with Crippen LogP contribution in [0.2, 0.25) is 0 Å². The summed E-state index contributed by atoms with van der Waals surface area (Å²) in [5.74, 6) is 1.21. The zero-order chi connectivity index (χ0) is 13.2. The van der Waals surface area contributed by atoms with E-state index in [1.165, 1.54) is 0 Å². The second-order valence-electron chi connectivity index (χ2n) is 4.80. The highest BCUT2D eigenvalue weighted by Crippen LogP contribution is 2.29. The largest absolute Gasteiger partial charge is 0.380 e. The van der Waals surface area contributed by atoms with Gasteiger partial charge in [0.25, 0.3) is 0 Å². The maximum Gasteiger partial charge on any atom is 0.243 e. The van der Waals surface area contributed by atoms with Crippen LogP contribution in [-0.2, 0) is 15.1 Å². The zero-order valence-corrected chi connectivity index (χ0v) is 11.4. The van der Waals surface area contributed by atoms with Crippen LogP contribution in [0.4, 0.5) is 0 Å². The molecule has 1 aromatic rings. The molecule has 18 heavy (non-hydrogen) atoms. The van der Waals surface area contributed by atoms with Gasteiger partial charge in [-0.05, 0) is 19.8 Å². The molecule has 1 aromatic heterocycles. The average molecular weight is 255 g/mol. The Balaban J connectivity index is 2.11. The molecular formula is C12H21N3O3. The van der Waals surface area contributed by atoms with Gasteiger partial charge in [0.15, 0.2) is 0 Å². The van der Waals surface area contributed by atoms with E-state index in [1.807, 2.05) is 13.8 Å². The van der Waals surface area contributed by atoms with E-state index in [0.29, 0.717) is 11.7 Å². The summed E-state index contributed by atoms with van der Waals surface area (Å²) in [6.07, 6.45) is 1.86. The Labute approximate surface area is 107 Å². The van der Waals surface area contributed by atoms with E-state index in [1.54, 1.807) is 14.2 Å². The first kappa shape index (κ1) is 13.5. The first-order valence-electron chi connectivity index (χ1n) is 6.28. The zero-order valence-electron chi connectivity index (χ0n) is 11.4. The standard InChI is InChI=1S/C12H21N3O3/c1-5-12(2,17-4)11-14-10(18-15-11)9-6-8(16-3)7-13-9/h8-9,13H,5-7H2,1-4H3/t8-,9+,12?/m0/s1. The van der Waals surface area contributed by atoms with Gasteiger partial charge in [-0.3, -0.25) is 0 Å². The second kappa shape index (κ2) is 5.34. The van der Waals surface area contributed by atoms with Crippen molar-refractivity contribution in [2.45, 2.75) is 44.4 Å². The highest BCUT2D eigenvalue weighted by atomic mass is 16.5. The van der Waals surface area contributed by atoms with Crippen molar-refractivity contribution in [3.05, 3.63) is 11.7 Å². The lowest BCUT2D eigenvalue weighted by Crippen LogP contribution is -2.25. The van der Waals surface area contributed by atoms with Crippen LogP contribution in [0.1, 0.15) is 44.4 Å². The molecule has 6 heteroatoms. The van der Waals surface area contributed by atoms with Crippen molar-refractivity contribution in [3.8, 4) is 0 Å². The van der Waals surface area contributed by atoms with Crippen LogP contribution >= 0.6 is 0 Å². The first-order chi connectivity index (χ1) is 8.62. The van der Waals surface area contributed by atoms with Crippen LogP contribution in [0.5, 0.6) is 0 Å². The second-order valence-corrected chi connectivity index (χ2v) is 4.80. The summed E-state index contributed by atoms with van der Waals surface area (Å²) < 4.78 is 16.1. The van der Waals surface area contributed by atoms with E-state index >= 15 is 0 Å². The minimum absolute atomic E-state index is 0.0779. The lowest BCUT2D eigenvalue weighted by molar-refractivity contribution is -0.0106. The summed E-state index contributed by atoms with van der Waals surface area (Å²) in [6.45, 7) is 4.81. The number of methoxy groups -OCH3 is 2. The molecule has 0 aromatic carbocycles. The molecule has 0 radical (unpaired) electrons. The average Bonchev–Trinajstić information content (AvgIpc) is 3.05. The molecule has 2 rings (SSSR count). The number of hydrogen-bond donors (Lipinski definition) is 1. The molecule has 1 aliphatic rings. The van der Waals surface area contributed by atoms with Crippen LogP contribution in [0.15, 0.2) is 4.52 Å². The maximum absolute atomic E-state index is 5.46. The summed E-state index contributed by atoms with van der Waals surface area (Å²) in [5.41, 5.74) is -0.485. The third-order valence-electron chi connectivity index (χ3n) is 3.76. The number of rotatable bonds is 5. The molecule has 102 valence electrons. The Morgan fingerprint density at radius 1 is 1.50 bits per heavy atom. The van der Waals surface area contributed by atoms with E-state index in [0.717, 1.165) is 19.4 Å². The Bertz CT molecular complexity index is 390. The van der Waals surface area contributed by atoms with Gasteiger partial charge in [-0.1, -0.05) is 12.1 Å². The summed E-state index contributed by atoms with van der Waals surface area (Å²) in [6, 6.07) is 0.0779. The van der Waals surface area contributed by atoms with Crippen LogP contribution in [0, 0.1) is 0 Å². The monoisotopic (exact) mass is 255 g/mol. The van der Waals surface area contributed by atoms with Gasteiger partial charge in [0.05, 0.1) is 12.1 Å². The smallest absolute Gasteiger partial charge is 0.243 e. The molecule has 3 atom stereocenters. The van der Waals surface area contributed by atoms with Crippen molar-refractivity contribution < 1.29 is 14.0 Å². The fourth-order valence-electron chi connectivity index (χ4n) is 2.06. The molecule has 1 saturated heterocycles. The van der Waals surface area contributed by atoms with Crippen molar-refractivity contribution in [2.75, 3.05) is 20.8 Å². The van der Waals surface area contributed by atoms with Crippen LogP contribution < -0.4 is 5.32 Å². The van der Waals surface area contributed by atoms with Gasteiger partial charge in [-0.15, -0.1) is 0 Å². The Kier molecular flexibility index (Phi) is 3.99. The summed E-state index contributed by atoms with van der Waals surface area (Å²) in [5, 5.41) is 7.35. The topological polar surface area (TPSA) is 69.4 Å². The summed E-state index contributed by atoms with van der Waals surface area (Å²) in [7, 11) is 3.38. The number of nitrogens with one attached hydrogen (secondary N) is 1. The minimum atomic E-state index is -0.485. The highest BCUT2D eigenvalue weighted by molar-refractivity contribution is 5.03. The minimum Gasteiger partial charge on any atom is -0.380 e. The van der Waals surface area contributed by atoms with E-state index < -0.39 is 5.60 Å². The molecule has 1 fully saturated rings. The fourth-order valence-corrected chi connectivity index (χ4v) is 2.06.